The summed E-state index contributed by atoms with van der Waals surface area (Å²) in [5.41, 5.74) is -1.70. The summed E-state index contributed by atoms with van der Waals surface area (Å²) in [6.07, 6.45) is 4.30. The van der Waals surface area contributed by atoms with Crippen molar-refractivity contribution in [1.82, 2.24) is 19.6 Å². The number of ether oxygens (including phenoxy) is 3. The SMILES string of the molecule is CC(C)(C)OC(=O)N1CCC(=O)CC1.CC1(O)CCN(C(=O)OC(C)(C)C)CC1.CC1(O)CCN(CC(=O)O)CC1.CC1(O)CCN(CC(=O)OCc2ccccc2)CC1.[Br-].[CH3-].[Mg+2]. The van der Waals surface area contributed by atoms with Gasteiger partial charge in [-0.2, -0.15) is 0 Å². The fourth-order valence-electron chi connectivity index (χ4n) is 6.31. The van der Waals surface area contributed by atoms with Crippen LogP contribution in [0.1, 0.15) is 119 Å². The second-order valence-electron chi connectivity index (χ2n) is 19.1. The van der Waals surface area contributed by atoms with E-state index < -0.39 is 34.0 Å². The van der Waals surface area contributed by atoms with Crippen molar-refractivity contribution < 1.29 is 75.6 Å². The quantitative estimate of drug-likeness (QED) is 0.139. The number of carbonyl (C=O) groups is 5. The molecule has 0 bridgehead atoms. The summed E-state index contributed by atoms with van der Waals surface area (Å²) in [5.74, 6) is -0.772. The van der Waals surface area contributed by atoms with Gasteiger partial charge in [-0.1, -0.05) is 30.3 Å². The number of carbonyl (C=O) groups excluding carboxylic acids is 4. The van der Waals surface area contributed by atoms with E-state index >= 15 is 0 Å². The first-order chi connectivity index (χ1) is 27.6. The number of benzene rings is 1. The molecular formula is C45H77BrMgN4O12. The van der Waals surface area contributed by atoms with Gasteiger partial charge in [0.05, 0.1) is 29.9 Å². The Bertz CT molecular complexity index is 1500. The Balaban J connectivity index is 0. The van der Waals surface area contributed by atoms with Crippen molar-refractivity contribution >= 4 is 53.0 Å². The number of rotatable bonds is 6. The molecule has 0 unspecified atom stereocenters. The van der Waals surface area contributed by atoms with Crippen LogP contribution in [0.25, 0.3) is 0 Å². The zero-order valence-corrected chi connectivity index (χ0v) is 42.8. The van der Waals surface area contributed by atoms with E-state index in [1.165, 1.54) is 0 Å². The molecule has 4 saturated heterocycles. The molecule has 16 nitrogen and oxygen atoms in total. The number of hydrogen-bond donors (Lipinski definition) is 4. The van der Waals surface area contributed by atoms with E-state index in [1.807, 2.05) is 88.6 Å². The maximum absolute atomic E-state index is 11.7. The zero-order chi connectivity index (χ0) is 45.4. The van der Waals surface area contributed by atoms with Gasteiger partial charge in [0.2, 0.25) is 0 Å². The molecule has 4 aliphatic rings. The molecule has 5 rings (SSSR count). The van der Waals surface area contributed by atoms with E-state index in [0.29, 0.717) is 104 Å². The molecule has 0 aromatic heterocycles. The van der Waals surface area contributed by atoms with Gasteiger partial charge in [0.15, 0.2) is 0 Å². The number of hydrogen-bond acceptors (Lipinski definition) is 13. The number of esters is 1. The second-order valence-corrected chi connectivity index (χ2v) is 19.1. The number of aliphatic hydroxyl groups is 3. The van der Waals surface area contributed by atoms with Gasteiger partial charge in [-0.15, -0.1) is 0 Å². The molecule has 2 amide bonds. The smallest absolute Gasteiger partial charge is 1.00 e. The van der Waals surface area contributed by atoms with Crippen molar-refractivity contribution in [3.05, 3.63) is 43.3 Å². The van der Waals surface area contributed by atoms with Crippen molar-refractivity contribution in [2.75, 3.05) is 65.4 Å². The predicted molar refractivity (Wildman–Crippen MR) is 238 cm³/mol. The van der Waals surface area contributed by atoms with Crippen LogP contribution in [-0.2, 0) is 35.2 Å². The maximum atomic E-state index is 11.7. The van der Waals surface area contributed by atoms with E-state index in [4.69, 9.17) is 19.3 Å². The van der Waals surface area contributed by atoms with Gasteiger partial charge in [0, 0.05) is 65.2 Å². The van der Waals surface area contributed by atoms with Crippen molar-refractivity contribution in [3.8, 4) is 0 Å². The van der Waals surface area contributed by atoms with Crippen molar-refractivity contribution in [2.45, 2.75) is 148 Å². The molecule has 0 radical (unpaired) electrons. The minimum Gasteiger partial charge on any atom is -1.00 e. The standard InChI is InChI=1S/C15H21NO3.C11H21NO3.C10H17NO3.C8H15NO3.CH3.BrH.Mg/c1-15(18)7-9-16(10-8-15)11-14(17)19-12-13-5-3-2-4-6-13;1-10(2,3)15-9(13)12-7-5-11(4,14)6-8-12;1-10(2,3)14-9(13)11-6-4-8(12)5-7-11;1-8(12)2-4-9(5-3-8)6-7(10)11;;;/h2-6,18H,7-12H2,1H3;14H,5-8H2,1-4H3;4-7H2,1-3H3;12H,2-6H2,1H3,(H,10,11);1H3;1H;/q;;;;-1;;+2/p-1. The third-order valence-corrected chi connectivity index (χ3v) is 10.3. The molecule has 0 spiro atoms. The van der Waals surface area contributed by atoms with Crippen LogP contribution in [-0.4, -0.2) is 186 Å². The van der Waals surface area contributed by atoms with Gasteiger partial charge in [-0.05, 0) is 106 Å². The van der Waals surface area contributed by atoms with Crippen molar-refractivity contribution in [3.63, 3.8) is 0 Å². The Labute approximate surface area is 403 Å². The summed E-state index contributed by atoms with van der Waals surface area (Å²) >= 11 is 0. The Morgan fingerprint density at radius 3 is 1.33 bits per heavy atom. The first kappa shape index (κ1) is 62.5. The van der Waals surface area contributed by atoms with E-state index in [-0.39, 0.29) is 77.9 Å². The fraction of sp³-hybridized carbons (Fsp3) is 0.733. The number of aliphatic carboxylic acids is 1. The summed E-state index contributed by atoms with van der Waals surface area (Å²) < 4.78 is 15.7. The van der Waals surface area contributed by atoms with E-state index in [9.17, 15) is 39.3 Å². The number of likely N-dealkylation sites (tertiary alicyclic amines) is 4. The Morgan fingerprint density at radius 2 is 0.968 bits per heavy atom. The maximum Gasteiger partial charge on any atom is 2.00 e. The third-order valence-electron chi connectivity index (χ3n) is 10.3. The van der Waals surface area contributed by atoms with Crippen LogP contribution < -0.4 is 17.0 Å². The number of halogens is 1. The van der Waals surface area contributed by atoms with Crippen LogP contribution in [0.5, 0.6) is 0 Å². The number of nitrogens with zero attached hydrogens (tertiary/aromatic N) is 4. The summed E-state index contributed by atoms with van der Waals surface area (Å²) in [4.78, 5) is 63.3. The second kappa shape index (κ2) is 28.5. The first-order valence-electron chi connectivity index (χ1n) is 21.1. The molecule has 0 aliphatic carbocycles. The number of Topliss-reactive ketones (excluding diaryl/α,β-unsaturated/α-hetero) is 1. The van der Waals surface area contributed by atoms with Crippen LogP contribution in [0.3, 0.4) is 0 Å². The normalized spacial score (nSPS) is 19.4. The molecule has 4 aliphatic heterocycles. The van der Waals surface area contributed by atoms with Gasteiger partial charge >= 0.3 is 47.2 Å². The molecule has 1 aromatic rings. The monoisotopic (exact) mass is 968 g/mol. The topological polar surface area (TPSA) is 207 Å². The van der Waals surface area contributed by atoms with E-state index in [1.54, 1.807) is 23.6 Å². The number of ketones is 1. The number of carboxylic acids is 1. The third kappa shape index (κ3) is 28.8. The molecule has 1 aromatic carbocycles. The van der Waals surface area contributed by atoms with Crippen LogP contribution >= 0.6 is 0 Å². The summed E-state index contributed by atoms with van der Waals surface area (Å²) in [6, 6.07) is 9.66. The van der Waals surface area contributed by atoms with Crippen LogP contribution in [0.15, 0.2) is 30.3 Å². The number of piperidine rings is 4. The number of carboxylic acid groups (broad SMARTS) is 1. The summed E-state index contributed by atoms with van der Waals surface area (Å²) in [7, 11) is 0. The molecular weight excluding hydrogens is 893 g/mol. The number of amides is 2. The molecule has 63 heavy (non-hydrogen) atoms. The van der Waals surface area contributed by atoms with Gasteiger partial charge < -0.3 is 68.8 Å². The summed E-state index contributed by atoms with van der Waals surface area (Å²) in [5, 5.41) is 37.6. The van der Waals surface area contributed by atoms with E-state index in [2.05, 4.69) is 0 Å². The van der Waals surface area contributed by atoms with Crippen molar-refractivity contribution in [2.24, 2.45) is 0 Å². The van der Waals surface area contributed by atoms with Gasteiger partial charge in [-0.3, -0.25) is 24.2 Å². The van der Waals surface area contributed by atoms with Crippen LogP contribution in [0.2, 0.25) is 0 Å². The van der Waals surface area contributed by atoms with Crippen LogP contribution in [0.4, 0.5) is 9.59 Å². The molecule has 358 valence electrons. The minimum atomic E-state index is -0.795. The minimum absolute atomic E-state index is 0. The molecule has 4 fully saturated rings. The Kier molecular flexibility index (Phi) is 28.2. The van der Waals surface area contributed by atoms with Crippen LogP contribution in [0, 0.1) is 7.43 Å². The molecule has 0 saturated carbocycles. The molecule has 4 N–H and O–H groups in total. The fourth-order valence-corrected chi connectivity index (χ4v) is 6.31. The summed E-state index contributed by atoms with van der Waals surface area (Å²) in [6.45, 7) is 22.2. The van der Waals surface area contributed by atoms with E-state index in [0.717, 1.165) is 18.7 Å². The molecule has 18 heteroatoms. The average Bonchev–Trinajstić information content (AvgIpc) is 3.12. The van der Waals surface area contributed by atoms with Crippen molar-refractivity contribution in [1.29, 1.82) is 0 Å². The first-order valence-corrected chi connectivity index (χ1v) is 21.1. The predicted octanol–water partition coefficient (Wildman–Crippen LogP) is 1.92. The van der Waals surface area contributed by atoms with Gasteiger partial charge in [0.25, 0.3) is 0 Å². The Hall–Kier alpha value is -2.58. The van der Waals surface area contributed by atoms with Gasteiger partial charge in [-0.25, -0.2) is 9.59 Å². The molecule has 4 heterocycles. The zero-order valence-electron chi connectivity index (χ0n) is 39.8. The Morgan fingerprint density at radius 1 is 0.619 bits per heavy atom. The molecule has 0 atom stereocenters. The van der Waals surface area contributed by atoms with Gasteiger partial charge in [0.1, 0.15) is 23.6 Å². The largest absolute Gasteiger partial charge is 2.00 e. The average molecular weight is 970 g/mol.